The van der Waals surface area contributed by atoms with E-state index in [1.54, 1.807) is 0 Å². The Hall–Kier alpha value is -0.700. The zero-order chi connectivity index (χ0) is 6.85. The van der Waals surface area contributed by atoms with E-state index >= 15 is 0 Å². The monoisotopic (exact) mass is 168 g/mol. The van der Waals surface area contributed by atoms with Gasteiger partial charge in [0.1, 0.15) is 0 Å². The molecule has 0 nitrogen and oxygen atoms in total. The van der Waals surface area contributed by atoms with E-state index in [9.17, 15) is 13.2 Å². The molecule has 1 rings (SSSR count). The Morgan fingerprint density at radius 1 is 0.900 bits per heavy atom. The van der Waals surface area contributed by atoms with Gasteiger partial charge in [0.15, 0.2) is 17.5 Å². The van der Waals surface area contributed by atoms with Crippen LogP contribution in [0.25, 0.3) is 0 Å². The predicted molar refractivity (Wildman–Crippen MR) is 33.6 cm³/mol. The number of halogens is 4. The van der Waals surface area contributed by atoms with Gasteiger partial charge in [0, 0.05) is 0 Å². The van der Waals surface area contributed by atoms with Crippen molar-refractivity contribution in [2.75, 3.05) is 0 Å². The molecule has 10 heavy (non-hydrogen) atoms. The zero-order valence-corrected chi connectivity index (χ0v) is 5.59. The van der Waals surface area contributed by atoms with Gasteiger partial charge in [-0.3, -0.25) is 0 Å². The van der Waals surface area contributed by atoms with Gasteiger partial charge in [0.2, 0.25) is 0 Å². The Morgan fingerprint density at radius 2 is 1.30 bits per heavy atom. The van der Waals surface area contributed by atoms with Gasteiger partial charge in [-0.25, -0.2) is 13.2 Å². The summed E-state index contributed by atoms with van der Waals surface area (Å²) < 4.78 is 35.9. The maximum atomic E-state index is 12.0. The first-order chi connectivity index (χ1) is 4.22. The Balaban J connectivity index is 0.000000810. The second kappa shape index (κ2) is 3.46. The quantitative estimate of drug-likeness (QED) is 0.523. The molecule has 0 aliphatic carbocycles. The van der Waals surface area contributed by atoms with E-state index in [0.717, 1.165) is 18.2 Å². The summed E-state index contributed by atoms with van der Waals surface area (Å²) in [5, 5.41) is 0. The summed E-state index contributed by atoms with van der Waals surface area (Å²) in [6.45, 7) is 0. The third kappa shape index (κ3) is 1.64. The highest BCUT2D eigenvalue weighted by atomic mass is 35.5. The van der Waals surface area contributed by atoms with E-state index in [4.69, 9.17) is 0 Å². The lowest BCUT2D eigenvalue weighted by atomic mass is 10.3. The number of hydrogen-bond acceptors (Lipinski definition) is 0. The van der Waals surface area contributed by atoms with Gasteiger partial charge in [-0.2, -0.15) is 0 Å². The van der Waals surface area contributed by atoms with E-state index < -0.39 is 17.5 Å². The standard InChI is InChI=1S/C6H3F3.ClH/c7-4-2-1-3-5(8)6(4)9;/h1-3H;1H. The molecule has 0 aliphatic rings. The van der Waals surface area contributed by atoms with Crippen LogP contribution in [0, 0.1) is 17.5 Å². The van der Waals surface area contributed by atoms with Gasteiger partial charge < -0.3 is 0 Å². The van der Waals surface area contributed by atoms with Gasteiger partial charge in [-0.15, -0.1) is 12.4 Å². The molecule has 56 valence electrons. The minimum atomic E-state index is -1.42. The van der Waals surface area contributed by atoms with Crippen molar-refractivity contribution < 1.29 is 13.2 Å². The lowest BCUT2D eigenvalue weighted by Crippen LogP contribution is -1.86. The molecule has 0 radical (unpaired) electrons. The molecule has 0 spiro atoms. The fourth-order valence-electron chi connectivity index (χ4n) is 0.477. The molecule has 1 aromatic rings. The van der Waals surface area contributed by atoms with Crippen LogP contribution in [0.1, 0.15) is 0 Å². The lowest BCUT2D eigenvalue weighted by molar-refractivity contribution is 0.447. The normalized spacial score (nSPS) is 8.70. The summed E-state index contributed by atoms with van der Waals surface area (Å²) in [5.74, 6) is -3.73. The molecule has 0 aromatic heterocycles. The summed E-state index contributed by atoms with van der Waals surface area (Å²) in [6, 6.07) is 2.82. The largest absolute Gasteiger partial charge is 0.204 e. The van der Waals surface area contributed by atoms with Crippen molar-refractivity contribution in [3.8, 4) is 0 Å². The number of rotatable bonds is 0. The molecule has 0 amide bonds. The number of hydrogen-bond donors (Lipinski definition) is 0. The van der Waals surface area contributed by atoms with E-state index in [1.807, 2.05) is 0 Å². The number of benzene rings is 1. The Morgan fingerprint density at radius 3 is 1.60 bits per heavy atom. The molecule has 0 unspecified atom stereocenters. The average molecular weight is 169 g/mol. The van der Waals surface area contributed by atoms with Crippen molar-refractivity contribution >= 4 is 12.4 Å². The van der Waals surface area contributed by atoms with E-state index in [2.05, 4.69) is 0 Å². The average Bonchev–Trinajstić information content (AvgIpc) is 1.83. The van der Waals surface area contributed by atoms with E-state index in [-0.39, 0.29) is 12.4 Å². The summed E-state index contributed by atoms with van der Waals surface area (Å²) in [4.78, 5) is 0. The maximum Gasteiger partial charge on any atom is 0.194 e. The second-order valence-corrected chi connectivity index (χ2v) is 1.54. The van der Waals surface area contributed by atoms with Crippen molar-refractivity contribution in [2.24, 2.45) is 0 Å². The molecule has 0 bridgehead atoms. The lowest BCUT2D eigenvalue weighted by Gasteiger charge is -1.90. The van der Waals surface area contributed by atoms with Gasteiger partial charge in [-0.05, 0) is 12.1 Å². The van der Waals surface area contributed by atoms with Crippen LogP contribution in [-0.2, 0) is 0 Å². The minimum Gasteiger partial charge on any atom is -0.204 e. The molecule has 0 fully saturated rings. The van der Waals surface area contributed by atoms with Crippen molar-refractivity contribution in [1.82, 2.24) is 0 Å². The second-order valence-electron chi connectivity index (χ2n) is 1.54. The molecule has 0 heterocycles. The van der Waals surface area contributed by atoms with Crippen LogP contribution < -0.4 is 0 Å². The Kier molecular flexibility index (Phi) is 3.22. The smallest absolute Gasteiger partial charge is 0.194 e. The van der Waals surface area contributed by atoms with Crippen molar-refractivity contribution in [2.45, 2.75) is 0 Å². The zero-order valence-electron chi connectivity index (χ0n) is 4.77. The molecule has 0 aliphatic heterocycles. The van der Waals surface area contributed by atoms with Gasteiger partial charge in [-0.1, -0.05) is 6.07 Å². The first-order valence-electron chi connectivity index (χ1n) is 2.31. The van der Waals surface area contributed by atoms with Crippen LogP contribution in [0.5, 0.6) is 0 Å². The van der Waals surface area contributed by atoms with Crippen LogP contribution in [0.3, 0.4) is 0 Å². The van der Waals surface area contributed by atoms with Crippen molar-refractivity contribution in [3.63, 3.8) is 0 Å². The molecule has 4 heteroatoms. The van der Waals surface area contributed by atoms with Crippen LogP contribution in [0.15, 0.2) is 18.2 Å². The van der Waals surface area contributed by atoms with Crippen LogP contribution >= 0.6 is 12.4 Å². The molecule has 0 atom stereocenters. The highest BCUT2D eigenvalue weighted by Crippen LogP contribution is 2.07. The van der Waals surface area contributed by atoms with Gasteiger partial charge in [0.05, 0.1) is 0 Å². The highest BCUT2D eigenvalue weighted by molar-refractivity contribution is 5.85. The first kappa shape index (κ1) is 9.30. The molecule has 1 aromatic carbocycles. The molecular formula is C6H4ClF3. The molecular weight excluding hydrogens is 165 g/mol. The maximum absolute atomic E-state index is 12.0. The molecule has 0 N–H and O–H groups in total. The fourth-order valence-corrected chi connectivity index (χ4v) is 0.477. The fraction of sp³-hybridized carbons (Fsp3) is 0. The topological polar surface area (TPSA) is 0 Å². The van der Waals surface area contributed by atoms with E-state index in [1.165, 1.54) is 0 Å². The van der Waals surface area contributed by atoms with Gasteiger partial charge in [0.25, 0.3) is 0 Å². The summed E-state index contributed by atoms with van der Waals surface area (Å²) in [5.41, 5.74) is 0. The summed E-state index contributed by atoms with van der Waals surface area (Å²) in [7, 11) is 0. The van der Waals surface area contributed by atoms with Crippen molar-refractivity contribution in [1.29, 1.82) is 0 Å². The SMILES string of the molecule is Cl.Fc1cccc(F)c1F. The Bertz CT molecular complexity index is 204. The third-order valence-electron chi connectivity index (χ3n) is 0.904. The van der Waals surface area contributed by atoms with Crippen LogP contribution in [-0.4, -0.2) is 0 Å². The van der Waals surface area contributed by atoms with E-state index in [0.29, 0.717) is 0 Å². The molecule has 0 saturated heterocycles. The first-order valence-corrected chi connectivity index (χ1v) is 2.31. The molecule has 0 saturated carbocycles. The summed E-state index contributed by atoms with van der Waals surface area (Å²) >= 11 is 0. The third-order valence-corrected chi connectivity index (χ3v) is 0.904. The Labute approximate surface area is 62.1 Å². The summed E-state index contributed by atoms with van der Waals surface area (Å²) in [6.07, 6.45) is 0. The minimum absolute atomic E-state index is 0. The predicted octanol–water partition coefficient (Wildman–Crippen LogP) is 2.53. The van der Waals surface area contributed by atoms with Crippen LogP contribution in [0.2, 0.25) is 0 Å². The van der Waals surface area contributed by atoms with Crippen LogP contribution in [0.4, 0.5) is 13.2 Å². The highest BCUT2D eigenvalue weighted by Gasteiger charge is 2.04. The van der Waals surface area contributed by atoms with Gasteiger partial charge >= 0.3 is 0 Å². The van der Waals surface area contributed by atoms with Crippen molar-refractivity contribution in [3.05, 3.63) is 35.7 Å².